The van der Waals surface area contributed by atoms with Crippen molar-refractivity contribution in [1.82, 2.24) is 4.90 Å². The first-order chi connectivity index (χ1) is 15.0. The van der Waals surface area contributed by atoms with Crippen molar-refractivity contribution >= 4 is 29.7 Å². The Bertz CT molecular complexity index is 988. The number of rotatable bonds is 6. The Balaban J connectivity index is 1.68. The summed E-state index contributed by atoms with van der Waals surface area (Å²) >= 11 is 1.40. The maximum absolute atomic E-state index is 13.4. The van der Waals surface area contributed by atoms with Crippen LogP contribution in [0.1, 0.15) is 17.2 Å². The minimum atomic E-state index is -0.967. The van der Waals surface area contributed by atoms with Gasteiger partial charge in [-0.05, 0) is 11.1 Å². The van der Waals surface area contributed by atoms with E-state index < -0.39 is 24.2 Å². The third-order valence-corrected chi connectivity index (χ3v) is 6.46. The number of esters is 1. The van der Waals surface area contributed by atoms with E-state index in [0.717, 1.165) is 11.1 Å². The lowest BCUT2D eigenvalue weighted by molar-refractivity contribution is -0.153. The maximum atomic E-state index is 13.4. The zero-order chi connectivity index (χ0) is 22.0. The third kappa shape index (κ3) is 4.14. The van der Waals surface area contributed by atoms with Crippen LogP contribution in [-0.4, -0.2) is 46.6 Å². The molecule has 8 nitrogen and oxygen atoms in total. The van der Waals surface area contributed by atoms with Gasteiger partial charge in [0.2, 0.25) is 5.91 Å². The van der Waals surface area contributed by atoms with E-state index in [1.54, 1.807) is 0 Å². The Morgan fingerprint density at radius 2 is 1.65 bits per heavy atom. The average molecular weight is 439 g/mol. The zero-order valence-electron chi connectivity index (χ0n) is 16.5. The molecule has 2 atom stereocenters. The molecule has 0 saturated carbocycles. The highest BCUT2D eigenvalue weighted by atomic mass is 32.2. The Morgan fingerprint density at radius 1 is 1.06 bits per heavy atom. The van der Waals surface area contributed by atoms with Crippen molar-refractivity contribution in [3.05, 3.63) is 83.1 Å². The fraction of sp³-hybridized carbons (Fsp3) is 0.227. The number of benzene rings is 2. The summed E-state index contributed by atoms with van der Waals surface area (Å²) in [5, 5.41) is -0.362. The van der Waals surface area contributed by atoms with Crippen LogP contribution < -0.4 is 11.5 Å². The van der Waals surface area contributed by atoms with Gasteiger partial charge in [-0.3, -0.25) is 9.69 Å². The van der Waals surface area contributed by atoms with Gasteiger partial charge in [0.25, 0.3) is 0 Å². The molecule has 2 aliphatic rings. The second-order valence-electron chi connectivity index (χ2n) is 7.10. The van der Waals surface area contributed by atoms with E-state index in [2.05, 4.69) is 0 Å². The molecule has 160 valence electrons. The van der Waals surface area contributed by atoms with Gasteiger partial charge in [0.05, 0.1) is 0 Å². The van der Waals surface area contributed by atoms with Crippen LogP contribution in [0.2, 0.25) is 0 Å². The van der Waals surface area contributed by atoms with E-state index in [1.807, 2.05) is 60.7 Å². The molecule has 2 aliphatic heterocycles. The first kappa shape index (κ1) is 21.0. The minimum absolute atomic E-state index is 0.0635. The minimum Gasteiger partial charge on any atom is -0.448 e. The molecule has 31 heavy (non-hydrogen) atoms. The molecule has 2 amide bonds. The number of nitrogens with two attached hydrogens (primary N) is 2. The lowest BCUT2D eigenvalue weighted by Crippen LogP contribution is -2.68. The first-order valence-corrected chi connectivity index (χ1v) is 10.7. The largest absolute Gasteiger partial charge is 0.448 e. The zero-order valence-corrected chi connectivity index (χ0v) is 17.3. The quantitative estimate of drug-likeness (QED) is 0.520. The van der Waals surface area contributed by atoms with Crippen LogP contribution in [-0.2, 0) is 19.1 Å². The Hall–Kier alpha value is -3.30. The van der Waals surface area contributed by atoms with Crippen molar-refractivity contribution in [1.29, 1.82) is 0 Å². The predicted octanol–water partition coefficient (Wildman–Crippen LogP) is 1.91. The van der Waals surface area contributed by atoms with Crippen molar-refractivity contribution in [3.63, 3.8) is 0 Å². The summed E-state index contributed by atoms with van der Waals surface area (Å²) in [5.74, 6) is -0.704. The molecule has 1 saturated heterocycles. The Morgan fingerprint density at radius 3 is 2.19 bits per heavy atom. The van der Waals surface area contributed by atoms with Gasteiger partial charge < -0.3 is 20.9 Å². The van der Waals surface area contributed by atoms with E-state index in [9.17, 15) is 14.4 Å². The number of carbonyl (C=O) groups excluding carboxylic acids is 3. The molecule has 4 N–H and O–H groups in total. The van der Waals surface area contributed by atoms with Crippen LogP contribution in [0.3, 0.4) is 0 Å². The number of hydrogen-bond acceptors (Lipinski definition) is 7. The molecule has 0 aliphatic carbocycles. The molecule has 0 radical (unpaired) electrons. The lowest BCUT2D eigenvalue weighted by Gasteiger charge is -2.48. The molecule has 0 aromatic heterocycles. The molecule has 0 unspecified atom stereocenters. The van der Waals surface area contributed by atoms with Crippen LogP contribution in [0.5, 0.6) is 0 Å². The maximum Gasteiger partial charge on any atom is 0.404 e. The number of carbonyl (C=O) groups is 3. The van der Waals surface area contributed by atoms with Crippen molar-refractivity contribution in [2.45, 2.75) is 17.5 Å². The van der Waals surface area contributed by atoms with E-state index in [0.29, 0.717) is 11.3 Å². The fourth-order valence-electron chi connectivity index (χ4n) is 3.58. The van der Waals surface area contributed by atoms with Gasteiger partial charge in [0.1, 0.15) is 23.7 Å². The predicted molar refractivity (Wildman–Crippen MR) is 114 cm³/mol. The van der Waals surface area contributed by atoms with E-state index in [-0.39, 0.29) is 23.6 Å². The Labute approximate surface area is 183 Å². The van der Waals surface area contributed by atoms with Crippen LogP contribution >= 0.6 is 11.8 Å². The van der Waals surface area contributed by atoms with Crippen molar-refractivity contribution in [2.75, 3.05) is 12.4 Å². The number of fused-ring (bicyclic) bond motifs is 1. The van der Waals surface area contributed by atoms with Gasteiger partial charge in [0.15, 0.2) is 6.10 Å². The normalized spacial score (nSPS) is 20.2. The van der Waals surface area contributed by atoms with Crippen molar-refractivity contribution in [3.8, 4) is 0 Å². The highest BCUT2D eigenvalue weighted by molar-refractivity contribution is 8.00. The summed E-state index contributed by atoms with van der Waals surface area (Å²) in [6.45, 7) is -0.208. The second-order valence-corrected chi connectivity index (χ2v) is 8.21. The molecular weight excluding hydrogens is 418 g/mol. The summed E-state index contributed by atoms with van der Waals surface area (Å²) in [6.07, 6.45) is -1.65. The summed E-state index contributed by atoms with van der Waals surface area (Å²) in [7, 11) is 0. The number of nitrogens with zero attached hydrogens (tertiary/aromatic N) is 1. The number of thioether (sulfide) groups is 1. The first-order valence-electron chi connectivity index (χ1n) is 9.62. The van der Waals surface area contributed by atoms with E-state index in [1.165, 1.54) is 16.7 Å². The molecule has 2 aromatic rings. The van der Waals surface area contributed by atoms with E-state index >= 15 is 0 Å². The highest BCUT2D eigenvalue weighted by Crippen LogP contribution is 2.40. The van der Waals surface area contributed by atoms with Crippen LogP contribution in [0, 0.1) is 0 Å². The summed E-state index contributed by atoms with van der Waals surface area (Å²) < 4.78 is 10.8. The monoisotopic (exact) mass is 439 g/mol. The number of primary amides is 1. The van der Waals surface area contributed by atoms with Gasteiger partial charge in [-0.25, -0.2) is 9.59 Å². The molecule has 1 fully saturated rings. The molecule has 2 heterocycles. The van der Waals surface area contributed by atoms with E-state index in [4.69, 9.17) is 20.9 Å². The summed E-state index contributed by atoms with van der Waals surface area (Å²) in [6, 6.07) is 17.9. The third-order valence-electron chi connectivity index (χ3n) is 5.10. The van der Waals surface area contributed by atoms with Gasteiger partial charge in [0, 0.05) is 11.3 Å². The Kier molecular flexibility index (Phi) is 5.97. The van der Waals surface area contributed by atoms with Crippen LogP contribution in [0.4, 0.5) is 4.79 Å². The lowest BCUT2D eigenvalue weighted by atomic mass is 10.0. The molecule has 0 spiro atoms. The highest BCUT2D eigenvalue weighted by Gasteiger charge is 2.52. The number of β-lactam (4-membered cyclic amide) rings is 1. The van der Waals surface area contributed by atoms with Gasteiger partial charge in [-0.15, -0.1) is 11.8 Å². The number of ether oxygens (including phenoxy) is 2. The second kappa shape index (κ2) is 8.83. The fourth-order valence-corrected chi connectivity index (χ4v) is 4.86. The molecule has 9 heteroatoms. The standard InChI is InChI=1S/C22H21N3O5S/c23-16-19(26)25-17(15(11-29-22(24)28)12-31-20(16)25)21(27)30-18(13-7-3-1-4-8-13)14-9-5-2-6-10-14/h1-10,16,18,20H,11-12,23H2,(H2,24,28)/t16-,20-/m1/s1. The molecule has 0 bridgehead atoms. The summed E-state index contributed by atoms with van der Waals surface area (Å²) in [4.78, 5) is 38.2. The van der Waals surface area contributed by atoms with Crippen molar-refractivity contribution in [2.24, 2.45) is 11.5 Å². The summed E-state index contributed by atoms with van der Waals surface area (Å²) in [5.41, 5.74) is 13.1. The number of amides is 2. The molecule has 2 aromatic carbocycles. The molecule has 4 rings (SSSR count). The van der Waals surface area contributed by atoms with Gasteiger partial charge in [-0.1, -0.05) is 60.7 Å². The van der Waals surface area contributed by atoms with Gasteiger partial charge in [-0.2, -0.15) is 0 Å². The molecular formula is C22H21N3O5S. The van der Waals surface area contributed by atoms with Crippen LogP contribution in [0.25, 0.3) is 0 Å². The average Bonchev–Trinajstić information content (AvgIpc) is 2.80. The number of hydrogen-bond donors (Lipinski definition) is 2. The van der Waals surface area contributed by atoms with Crippen molar-refractivity contribution < 1.29 is 23.9 Å². The topological polar surface area (TPSA) is 125 Å². The smallest absolute Gasteiger partial charge is 0.404 e. The SMILES string of the molecule is NC(=O)OCC1=C(C(=O)OC(c2ccccc2)c2ccccc2)N2C(=O)[C@@H](N)[C@H]2SC1. The van der Waals surface area contributed by atoms with Gasteiger partial charge >= 0.3 is 12.1 Å². The van der Waals surface area contributed by atoms with Crippen LogP contribution in [0.15, 0.2) is 71.9 Å².